The lowest BCUT2D eigenvalue weighted by molar-refractivity contribution is -0.134. The van der Waals surface area contributed by atoms with Gasteiger partial charge in [-0.3, -0.25) is 4.79 Å². The number of nitrogens with one attached hydrogen (secondary N) is 1. The number of halogens is 1. The second-order valence-electron chi connectivity index (χ2n) is 10.7. The number of aliphatic hydroxyl groups is 1. The van der Waals surface area contributed by atoms with E-state index in [2.05, 4.69) is 17.1 Å². The Balaban J connectivity index is 1.39. The van der Waals surface area contributed by atoms with Gasteiger partial charge >= 0.3 is 0 Å². The van der Waals surface area contributed by atoms with Crippen LogP contribution in [0.1, 0.15) is 50.1 Å². The van der Waals surface area contributed by atoms with Crippen LogP contribution in [-0.4, -0.2) is 45.6 Å². The molecule has 3 aromatic rings. The van der Waals surface area contributed by atoms with Gasteiger partial charge in [0.2, 0.25) is 5.91 Å². The quantitative estimate of drug-likeness (QED) is 0.485. The zero-order chi connectivity index (χ0) is 27.2. The summed E-state index contributed by atoms with van der Waals surface area (Å²) in [5, 5.41) is 18.1. The van der Waals surface area contributed by atoms with E-state index in [0.29, 0.717) is 35.0 Å². The zero-order valence-corrected chi connectivity index (χ0v) is 22.1. The minimum absolute atomic E-state index is 0.0279. The predicted molar refractivity (Wildman–Crippen MR) is 144 cm³/mol. The maximum Gasteiger partial charge on any atom is 0.234 e. The summed E-state index contributed by atoms with van der Waals surface area (Å²) >= 11 is 0. The second kappa shape index (κ2) is 9.83. The van der Waals surface area contributed by atoms with E-state index in [1.807, 2.05) is 58.0 Å². The number of aliphatic hydroxyl groups excluding tert-OH is 1. The van der Waals surface area contributed by atoms with Crippen molar-refractivity contribution in [2.24, 2.45) is 10.9 Å². The van der Waals surface area contributed by atoms with Crippen LogP contribution in [0.15, 0.2) is 76.4 Å². The third-order valence-corrected chi connectivity index (χ3v) is 7.62. The molecule has 0 bridgehead atoms. The van der Waals surface area contributed by atoms with Gasteiger partial charge in [0.1, 0.15) is 28.9 Å². The molecule has 1 fully saturated rings. The molecule has 5 rings (SSSR count). The Kier molecular flexibility index (Phi) is 6.69. The van der Waals surface area contributed by atoms with Crippen molar-refractivity contribution >= 4 is 11.7 Å². The highest BCUT2D eigenvalue weighted by molar-refractivity contribution is 5.96. The Labute approximate surface area is 222 Å². The number of likely N-dealkylation sites (tertiary alicyclic amines) is 1. The Hall–Kier alpha value is -3.78. The monoisotopic (exact) mass is 516 g/mol. The largest absolute Gasteiger partial charge is 0.391 e. The molecular formula is C30H33FN4O3. The fourth-order valence-electron chi connectivity index (χ4n) is 5.45. The van der Waals surface area contributed by atoms with Gasteiger partial charge in [-0.2, -0.15) is 0 Å². The van der Waals surface area contributed by atoms with Crippen molar-refractivity contribution in [1.82, 2.24) is 15.4 Å². The van der Waals surface area contributed by atoms with Crippen molar-refractivity contribution in [3.63, 3.8) is 0 Å². The lowest BCUT2D eigenvalue weighted by Crippen LogP contribution is -2.50. The first-order valence-corrected chi connectivity index (χ1v) is 12.9. The number of carbonyl (C=O) groups excluding carboxylic acids is 1. The smallest absolute Gasteiger partial charge is 0.234 e. The highest BCUT2D eigenvalue weighted by Gasteiger charge is 2.46. The van der Waals surface area contributed by atoms with Gasteiger partial charge in [0.15, 0.2) is 0 Å². The van der Waals surface area contributed by atoms with Crippen LogP contribution in [0.2, 0.25) is 0 Å². The topological polar surface area (TPSA) is 91.0 Å². The van der Waals surface area contributed by atoms with Crippen molar-refractivity contribution in [2.75, 3.05) is 6.54 Å². The lowest BCUT2D eigenvalue weighted by atomic mass is 9.88. The summed E-state index contributed by atoms with van der Waals surface area (Å²) in [6, 6.07) is 15.7. The van der Waals surface area contributed by atoms with E-state index >= 15 is 0 Å². The molecule has 0 radical (unpaired) electrons. The Morgan fingerprint density at radius 3 is 2.58 bits per heavy atom. The van der Waals surface area contributed by atoms with E-state index in [1.54, 1.807) is 23.1 Å². The molecule has 1 amide bonds. The number of hydrogen-bond donors (Lipinski definition) is 2. The second-order valence-corrected chi connectivity index (χ2v) is 10.7. The lowest BCUT2D eigenvalue weighted by Gasteiger charge is -2.32. The van der Waals surface area contributed by atoms with E-state index in [1.165, 1.54) is 6.07 Å². The third-order valence-electron chi connectivity index (χ3n) is 7.62. The summed E-state index contributed by atoms with van der Waals surface area (Å²) < 4.78 is 19.8. The maximum atomic E-state index is 14.3. The van der Waals surface area contributed by atoms with E-state index in [9.17, 15) is 14.3 Å². The molecule has 0 aliphatic carbocycles. The molecule has 8 heteroatoms. The molecule has 1 unspecified atom stereocenters. The Bertz CT molecular complexity index is 1400. The summed E-state index contributed by atoms with van der Waals surface area (Å²) in [5.41, 5.74) is 2.83. The first-order valence-electron chi connectivity index (χ1n) is 12.9. The summed E-state index contributed by atoms with van der Waals surface area (Å²) in [4.78, 5) is 20.3. The molecule has 38 heavy (non-hydrogen) atoms. The van der Waals surface area contributed by atoms with Gasteiger partial charge in [-0.15, -0.1) is 0 Å². The Morgan fingerprint density at radius 2 is 1.95 bits per heavy atom. The average molecular weight is 517 g/mol. The van der Waals surface area contributed by atoms with E-state index in [4.69, 9.17) is 9.52 Å². The molecule has 1 saturated heterocycles. The number of benzene rings is 2. The maximum absolute atomic E-state index is 14.3. The first-order chi connectivity index (χ1) is 18.1. The van der Waals surface area contributed by atoms with Crippen molar-refractivity contribution in [3.05, 3.63) is 89.7 Å². The standard InChI is InChI=1S/C30H33FN4O3/c1-17(2)27(26-14-18(3)34-38-26)29(37)35-16-22(36)15-25(35)28-32-19(4)30(5,33-28)21-12-10-20(11-13-21)23-8-6-7-9-24(23)31/h6-14,17,22,25,27,36H,4,15-16H2,1-3,5H3,(H,32,33)/t22-,25+,27?,30-/m1/s1. The fourth-order valence-corrected chi connectivity index (χ4v) is 5.45. The molecule has 3 heterocycles. The highest BCUT2D eigenvalue weighted by atomic mass is 19.1. The van der Waals surface area contributed by atoms with Crippen LogP contribution < -0.4 is 5.32 Å². The summed E-state index contributed by atoms with van der Waals surface area (Å²) in [5.74, 6) is 0.164. The molecule has 2 N–H and O–H groups in total. The number of aliphatic imine (C=N–C) groups is 1. The van der Waals surface area contributed by atoms with Crippen LogP contribution in [0, 0.1) is 18.7 Å². The summed E-state index contributed by atoms with van der Waals surface area (Å²) in [6.45, 7) is 12.2. The fraction of sp³-hybridized carbons (Fsp3) is 0.367. The van der Waals surface area contributed by atoms with Crippen LogP contribution in [0.5, 0.6) is 0 Å². The molecular weight excluding hydrogens is 483 g/mol. The van der Waals surface area contributed by atoms with Crippen LogP contribution in [0.3, 0.4) is 0 Å². The van der Waals surface area contributed by atoms with Crippen molar-refractivity contribution < 1.29 is 18.8 Å². The SMILES string of the molecule is C=C1N=C([C@@H]2C[C@@H](O)CN2C(=O)C(c2cc(C)no2)C(C)C)N[C@@]1(C)c1ccc(-c2ccccc2F)cc1. The minimum Gasteiger partial charge on any atom is -0.391 e. The van der Waals surface area contributed by atoms with Crippen molar-refractivity contribution in [1.29, 1.82) is 0 Å². The van der Waals surface area contributed by atoms with E-state index in [-0.39, 0.29) is 24.2 Å². The normalized spacial score (nSPS) is 24.0. The van der Waals surface area contributed by atoms with Gasteiger partial charge in [-0.05, 0) is 37.0 Å². The van der Waals surface area contributed by atoms with E-state index < -0.39 is 23.6 Å². The van der Waals surface area contributed by atoms with Gasteiger partial charge < -0.3 is 19.8 Å². The molecule has 1 aromatic heterocycles. The molecule has 0 spiro atoms. The van der Waals surface area contributed by atoms with Gasteiger partial charge in [0.05, 0.1) is 23.5 Å². The summed E-state index contributed by atoms with van der Waals surface area (Å²) in [6.07, 6.45) is -0.300. The van der Waals surface area contributed by atoms with Gasteiger partial charge in [-0.1, -0.05) is 68.0 Å². The number of amidine groups is 1. The molecule has 0 saturated carbocycles. The van der Waals surface area contributed by atoms with Crippen LogP contribution >= 0.6 is 0 Å². The number of amides is 1. The molecule has 2 aliphatic rings. The molecule has 2 aromatic carbocycles. The van der Waals surface area contributed by atoms with Gasteiger partial charge in [0.25, 0.3) is 0 Å². The minimum atomic E-state index is -0.717. The molecule has 4 atom stereocenters. The number of carbonyl (C=O) groups is 1. The molecule has 2 aliphatic heterocycles. The van der Waals surface area contributed by atoms with Crippen LogP contribution in [0.4, 0.5) is 4.39 Å². The number of hydrogen-bond acceptors (Lipinski definition) is 6. The number of rotatable bonds is 6. The third kappa shape index (κ3) is 4.53. The summed E-state index contributed by atoms with van der Waals surface area (Å²) in [7, 11) is 0. The van der Waals surface area contributed by atoms with Crippen LogP contribution in [-0.2, 0) is 10.3 Å². The zero-order valence-electron chi connectivity index (χ0n) is 22.1. The molecule has 7 nitrogen and oxygen atoms in total. The van der Waals surface area contributed by atoms with Gasteiger partial charge in [-0.25, -0.2) is 9.38 Å². The number of β-amino-alcohol motifs (C(OH)–C–C–N with tert-alkyl or cyclic N) is 1. The number of nitrogens with zero attached hydrogens (tertiary/aromatic N) is 3. The predicted octanol–water partition coefficient (Wildman–Crippen LogP) is 4.92. The van der Waals surface area contributed by atoms with E-state index in [0.717, 1.165) is 11.1 Å². The van der Waals surface area contributed by atoms with Crippen LogP contribution in [0.25, 0.3) is 11.1 Å². The molecule has 198 valence electrons. The van der Waals surface area contributed by atoms with Crippen molar-refractivity contribution in [2.45, 2.75) is 57.7 Å². The average Bonchev–Trinajstić information content (AvgIpc) is 3.57. The highest BCUT2D eigenvalue weighted by Crippen LogP contribution is 2.38. The number of aryl methyl sites for hydroxylation is 1. The van der Waals surface area contributed by atoms with Gasteiger partial charge in [0, 0.05) is 24.6 Å². The Morgan fingerprint density at radius 1 is 1.24 bits per heavy atom. The first kappa shape index (κ1) is 25.9. The number of aromatic nitrogens is 1. The van der Waals surface area contributed by atoms with Crippen molar-refractivity contribution in [3.8, 4) is 11.1 Å².